The highest BCUT2D eigenvalue weighted by Crippen LogP contribution is 1.95. The Labute approximate surface area is 82.3 Å². The molecule has 0 bridgehead atoms. The van der Waals surface area contributed by atoms with Gasteiger partial charge < -0.3 is 0 Å². The molecule has 0 fully saturated rings. The summed E-state index contributed by atoms with van der Waals surface area (Å²) in [7, 11) is -3.13. The van der Waals surface area contributed by atoms with Crippen molar-refractivity contribution in [1.82, 2.24) is 0 Å². The van der Waals surface area contributed by atoms with Crippen molar-refractivity contribution in [1.29, 1.82) is 0 Å². The molecule has 0 saturated carbocycles. The van der Waals surface area contributed by atoms with Crippen molar-refractivity contribution < 1.29 is 8.42 Å². The fourth-order valence-corrected chi connectivity index (χ4v) is 0.704. The zero-order valence-corrected chi connectivity index (χ0v) is 9.44. The first-order valence-corrected chi connectivity index (χ1v) is 6.14. The molecule has 0 amide bonds. The van der Waals surface area contributed by atoms with Gasteiger partial charge in [0.1, 0.15) is 0 Å². The molecule has 0 unspecified atom stereocenters. The minimum absolute atomic E-state index is 0.847. The molecule has 0 aromatic carbocycles. The standard InChI is InChI=1S/C6H14.C4H6O2S/c1-3-5-6-4-2;1-3-7(5,6)4-2/h3-6H2,1-2H3;3-4H,1-2H2. The molecule has 0 atom stereocenters. The van der Waals surface area contributed by atoms with Gasteiger partial charge in [-0.25, -0.2) is 8.42 Å². The van der Waals surface area contributed by atoms with Crippen LogP contribution in [0.3, 0.4) is 0 Å². The summed E-state index contributed by atoms with van der Waals surface area (Å²) < 4.78 is 20.3. The van der Waals surface area contributed by atoms with Crippen LogP contribution < -0.4 is 0 Å². The van der Waals surface area contributed by atoms with Gasteiger partial charge in [0.05, 0.1) is 0 Å². The number of hydrogen-bond donors (Lipinski definition) is 0. The second kappa shape index (κ2) is 9.52. The Morgan fingerprint density at radius 3 is 1.38 bits per heavy atom. The summed E-state index contributed by atoms with van der Waals surface area (Å²) >= 11 is 0. The van der Waals surface area contributed by atoms with Gasteiger partial charge in [-0.15, -0.1) is 0 Å². The van der Waals surface area contributed by atoms with E-state index < -0.39 is 9.84 Å². The maximum Gasteiger partial charge on any atom is 0.191 e. The average molecular weight is 204 g/mol. The summed E-state index contributed by atoms with van der Waals surface area (Å²) in [5.41, 5.74) is 0. The lowest BCUT2D eigenvalue weighted by molar-refractivity contribution is 0.613. The van der Waals surface area contributed by atoms with E-state index in [-0.39, 0.29) is 0 Å². The van der Waals surface area contributed by atoms with Crippen LogP contribution in [0.15, 0.2) is 24.0 Å². The number of unbranched alkanes of at least 4 members (excludes halogenated alkanes) is 3. The molecule has 0 aromatic heterocycles. The number of hydrogen-bond acceptors (Lipinski definition) is 2. The predicted octanol–water partition coefficient (Wildman–Crippen LogP) is 3.27. The lowest BCUT2D eigenvalue weighted by Crippen LogP contribution is -1.83. The van der Waals surface area contributed by atoms with E-state index in [1.54, 1.807) is 0 Å². The fraction of sp³-hybridized carbons (Fsp3) is 0.600. The van der Waals surface area contributed by atoms with Crippen molar-refractivity contribution in [3.05, 3.63) is 24.0 Å². The molecule has 0 aliphatic rings. The topological polar surface area (TPSA) is 34.1 Å². The maximum atomic E-state index is 10.1. The Morgan fingerprint density at radius 1 is 1.00 bits per heavy atom. The van der Waals surface area contributed by atoms with Gasteiger partial charge >= 0.3 is 0 Å². The second-order valence-corrected chi connectivity index (χ2v) is 4.47. The Bertz CT molecular complexity index is 197. The summed E-state index contributed by atoms with van der Waals surface area (Å²) in [4.78, 5) is 0. The van der Waals surface area contributed by atoms with Gasteiger partial charge in [-0.1, -0.05) is 52.7 Å². The van der Waals surface area contributed by atoms with Crippen LogP contribution in [0, 0.1) is 0 Å². The van der Waals surface area contributed by atoms with Gasteiger partial charge in [0.2, 0.25) is 0 Å². The zero-order chi connectivity index (χ0) is 10.7. The normalized spacial score (nSPS) is 9.69. The lowest BCUT2D eigenvalue weighted by atomic mass is 10.2. The van der Waals surface area contributed by atoms with Crippen LogP contribution in [0.5, 0.6) is 0 Å². The first kappa shape index (κ1) is 14.9. The second-order valence-electron chi connectivity index (χ2n) is 2.63. The molecule has 0 saturated heterocycles. The van der Waals surface area contributed by atoms with Gasteiger partial charge in [0.15, 0.2) is 9.84 Å². The van der Waals surface area contributed by atoms with Gasteiger partial charge in [-0.3, -0.25) is 0 Å². The molecule has 0 spiro atoms. The van der Waals surface area contributed by atoms with Crippen molar-refractivity contribution >= 4 is 9.84 Å². The largest absolute Gasteiger partial charge is 0.220 e. The summed E-state index contributed by atoms with van der Waals surface area (Å²) in [6.45, 7) is 10.6. The molecule has 0 radical (unpaired) electrons. The Hall–Kier alpha value is -0.570. The van der Waals surface area contributed by atoms with Gasteiger partial charge in [-0.05, 0) is 0 Å². The molecule has 78 valence electrons. The lowest BCUT2D eigenvalue weighted by Gasteiger charge is -1.86. The number of rotatable bonds is 5. The first-order valence-electron chi connectivity index (χ1n) is 4.54. The molecule has 3 heteroatoms. The van der Waals surface area contributed by atoms with Gasteiger partial charge in [-0.2, -0.15) is 0 Å². The molecular formula is C10H20O2S. The quantitative estimate of drug-likeness (QED) is 0.644. The van der Waals surface area contributed by atoms with Crippen LogP contribution in [0.4, 0.5) is 0 Å². The van der Waals surface area contributed by atoms with E-state index in [1.807, 2.05) is 0 Å². The van der Waals surface area contributed by atoms with Crippen LogP contribution in [0.25, 0.3) is 0 Å². The van der Waals surface area contributed by atoms with Crippen molar-refractivity contribution in [2.24, 2.45) is 0 Å². The average Bonchev–Trinajstić information content (AvgIpc) is 2.16. The maximum absolute atomic E-state index is 10.1. The highest BCUT2D eigenvalue weighted by Gasteiger charge is 1.90. The Morgan fingerprint density at radius 2 is 1.31 bits per heavy atom. The number of sulfone groups is 1. The van der Waals surface area contributed by atoms with Crippen molar-refractivity contribution in [3.63, 3.8) is 0 Å². The highest BCUT2D eigenvalue weighted by atomic mass is 32.2. The minimum Gasteiger partial charge on any atom is -0.220 e. The van der Waals surface area contributed by atoms with E-state index in [4.69, 9.17) is 0 Å². The van der Waals surface area contributed by atoms with Crippen LogP contribution in [-0.2, 0) is 9.84 Å². The molecule has 0 aliphatic carbocycles. The van der Waals surface area contributed by atoms with Crippen LogP contribution in [0.2, 0.25) is 0 Å². The molecule has 0 N–H and O–H groups in total. The smallest absolute Gasteiger partial charge is 0.191 e. The molecular weight excluding hydrogens is 184 g/mol. The predicted molar refractivity (Wildman–Crippen MR) is 59.1 cm³/mol. The Balaban J connectivity index is 0. The third-order valence-electron chi connectivity index (χ3n) is 1.42. The van der Waals surface area contributed by atoms with E-state index >= 15 is 0 Å². The van der Waals surface area contributed by atoms with E-state index in [2.05, 4.69) is 27.0 Å². The molecule has 0 rings (SSSR count). The van der Waals surface area contributed by atoms with E-state index in [0.29, 0.717) is 0 Å². The first-order chi connectivity index (χ1) is 6.04. The summed E-state index contributed by atoms with van der Waals surface area (Å²) in [6.07, 6.45) is 5.54. The monoisotopic (exact) mass is 204 g/mol. The van der Waals surface area contributed by atoms with Crippen molar-refractivity contribution in [3.8, 4) is 0 Å². The molecule has 2 nitrogen and oxygen atoms in total. The molecule has 0 heterocycles. The van der Waals surface area contributed by atoms with E-state index in [0.717, 1.165) is 10.8 Å². The van der Waals surface area contributed by atoms with Gasteiger partial charge in [0.25, 0.3) is 0 Å². The molecule has 0 aliphatic heterocycles. The fourth-order valence-electron chi connectivity index (χ4n) is 0.568. The summed E-state index contributed by atoms with van der Waals surface area (Å²) in [6, 6.07) is 0. The van der Waals surface area contributed by atoms with E-state index in [1.165, 1.54) is 25.7 Å². The van der Waals surface area contributed by atoms with Gasteiger partial charge in [0, 0.05) is 10.8 Å². The Kier molecular flexibility index (Phi) is 10.9. The zero-order valence-electron chi connectivity index (χ0n) is 8.62. The minimum atomic E-state index is -3.13. The third kappa shape index (κ3) is 14.3. The van der Waals surface area contributed by atoms with Crippen molar-refractivity contribution in [2.75, 3.05) is 0 Å². The molecule has 0 aromatic rings. The van der Waals surface area contributed by atoms with E-state index in [9.17, 15) is 8.42 Å². The molecule has 13 heavy (non-hydrogen) atoms. The third-order valence-corrected chi connectivity index (χ3v) is 2.35. The SMILES string of the molecule is C=CS(=O)(=O)C=C.CCCCCC. The highest BCUT2D eigenvalue weighted by molar-refractivity contribution is 7.97. The summed E-state index contributed by atoms with van der Waals surface area (Å²) in [5, 5.41) is 1.69. The summed E-state index contributed by atoms with van der Waals surface area (Å²) in [5.74, 6) is 0. The van der Waals surface area contributed by atoms with Crippen LogP contribution in [-0.4, -0.2) is 8.42 Å². The van der Waals surface area contributed by atoms with Crippen LogP contribution in [0.1, 0.15) is 39.5 Å². The van der Waals surface area contributed by atoms with Crippen LogP contribution >= 0.6 is 0 Å². The van der Waals surface area contributed by atoms with Crippen molar-refractivity contribution in [2.45, 2.75) is 39.5 Å².